The van der Waals surface area contributed by atoms with E-state index in [1.807, 2.05) is 12.1 Å². The highest BCUT2D eigenvalue weighted by Crippen LogP contribution is 2.37. The molecule has 29 heavy (non-hydrogen) atoms. The molecule has 0 radical (unpaired) electrons. The predicted molar refractivity (Wildman–Crippen MR) is 104 cm³/mol. The van der Waals surface area contributed by atoms with Crippen molar-refractivity contribution in [1.82, 2.24) is 4.98 Å². The van der Waals surface area contributed by atoms with Crippen LogP contribution in [0.3, 0.4) is 0 Å². The second-order valence-electron chi connectivity index (χ2n) is 7.77. The lowest BCUT2D eigenvalue weighted by atomic mass is 9.77. The summed E-state index contributed by atoms with van der Waals surface area (Å²) in [5, 5.41) is 0. The molecule has 1 aromatic heterocycles. The van der Waals surface area contributed by atoms with Gasteiger partial charge in [-0.2, -0.15) is 13.8 Å². The summed E-state index contributed by atoms with van der Waals surface area (Å²) in [6.07, 6.45) is 9.96. The van der Waals surface area contributed by atoms with Crippen molar-refractivity contribution < 1.29 is 22.7 Å². The van der Waals surface area contributed by atoms with E-state index in [4.69, 9.17) is 4.74 Å². The molecule has 1 aliphatic carbocycles. The molecule has 0 amide bonds. The largest absolute Gasteiger partial charge is 0.418 e. The number of halogens is 3. The van der Waals surface area contributed by atoms with E-state index >= 15 is 0 Å². The van der Waals surface area contributed by atoms with E-state index in [-0.39, 0.29) is 5.56 Å². The molecule has 0 aliphatic heterocycles. The Morgan fingerprint density at radius 2 is 1.72 bits per heavy atom. The van der Waals surface area contributed by atoms with E-state index in [0.717, 1.165) is 18.8 Å². The quantitative estimate of drug-likeness (QED) is 0.297. The summed E-state index contributed by atoms with van der Waals surface area (Å²) >= 11 is 0. The molecule has 1 heterocycles. The number of carbonyl (C=O) groups excluding carboxylic acids is 1. The van der Waals surface area contributed by atoms with E-state index in [2.05, 4.69) is 11.9 Å². The molecule has 0 atom stereocenters. The molecule has 0 spiro atoms. The van der Waals surface area contributed by atoms with Gasteiger partial charge in [0, 0.05) is 6.07 Å². The number of hydrogen-bond acceptors (Lipinski definition) is 3. The number of carbonyl (C=O) groups is 1. The van der Waals surface area contributed by atoms with Gasteiger partial charge in [-0.15, -0.1) is 0 Å². The fourth-order valence-corrected chi connectivity index (χ4v) is 4.02. The molecule has 0 saturated heterocycles. The van der Waals surface area contributed by atoms with Crippen LogP contribution in [0.2, 0.25) is 0 Å². The Balaban J connectivity index is 1.56. The molecule has 2 aromatic rings. The Bertz CT molecular complexity index is 831. The van der Waals surface area contributed by atoms with Crippen molar-refractivity contribution in [2.75, 3.05) is 0 Å². The monoisotopic (exact) mass is 405 g/mol. The highest BCUT2D eigenvalue weighted by molar-refractivity contribution is 5.91. The summed E-state index contributed by atoms with van der Waals surface area (Å²) < 4.78 is 44.4. The zero-order valence-electron chi connectivity index (χ0n) is 16.6. The van der Waals surface area contributed by atoms with Crippen molar-refractivity contribution >= 4 is 5.97 Å². The van der Waals surface area contributed by atoms with Crippen LogP contribution in [0.15, 0.2) is 30.3 Å². The highest BCUT2D eigenvalue weighted by atomic mass is 19.2. The van der Waals surface area contributed by atoms with Gasteiger partial charge in [0.1, 0.15) is 0 Å². The molecule has 3 nitrogen and oxygen atoms in total. The average Bonchev–Trinajstić information content (AvgIpc) is 2.73. The SMILES string of the molecule is CCCCC[C@H]1CC[C@H](c2ccc(C(=O)Oc3cc(F)c(F)nc3F)cc2)CC1. The smallest absolute Gasteiger partial charge is 0.343 e. The number of benzene rings is 1. The van der Waals surface area contributed by atoms with Gasteiger partial charge in [0.05, 0.1) is 5.56 Å². The number of aromatic nitrogens is 1. The first kappa shape index (κ1) is 21.3. The summed E-state index contributed by atoms with van der Waals surface area (Å²) in [6.45, 7) is 2.22. The number of esters is 1. The second kappa shape index (κ2) is 9.90. The van der Waals surface area contributed by atoms with Crippen LogP contribution < -0.4 is 4.74 Å². The molecule has 3 rings (SSSR count). The molecule has 1 saturated carbocycles. The third-order valence-electron chi connectivity index (χ3n) is 5.74. The summed E-state index contributed by atoms with van der Waals surface area (Å²) in [5.74, 6) is -4.60. The van der Waals surface area contributed by atoms with Gasteiger partial charge in [-0.1, -0.05) is 44.7 Å². The molecule has 1 aromatic carbocycles. The minimum Gasteiger partial charge on any atom is -0.418 e. The highest BCUT2D eigenvalue weighted by Gasteiger charge is 2.23. The number of nitrogens with zero attached hydrogens (tertiary/aromatic N) is 1. The van der Waals surface area contributed by atoms with Crippen molar-refractivity contribution in [1.29, 1.82) is 0 Å². The fourth-order valence-electron chi connectivity index (χ4n) is 4.02. The Morgan fingerprint density at radius 1 is 1.03 bits per heavy atom. The Morgan fingerprint density at radius 3 is 2.38 bits per heavy atom. The Labute approximate surface area is 169 Å². The molecule has 0 N–H and O–H groups in total. The van der Waals surface area contributed by atoms with Crippen LogP contribution in [-0.2, 0) is 0 Å². The molecular formula is C23H26F3NO2. The molecule has 156 valence electrons. The van der Waals surface area contributed by atoms with Crippen LogP contribution >= 0.6 is 0 Å². The predicted octanol–water partition coefficient (Wildman–Crippen LogP) is 6.57. The number of rotatable bonds is 7. The second-order valence-corrected chi connectivity index (χ2v) is 7.77. The van der Waals surface area contributed by atoms with Crippen LogP contribution in [0.1, 0.15) is 80.1 Å². The maximum Gasteiger partial charge on any atom is 0.343 e. The van der Waals surface area contributed by atoms with Gasteiger partial charge >= 0.3 is 5.97 Å². The Hall–Kier alpha value is -2.37. The normalized spacial score (nSPS) is 19.2. The average molecular weight is 405 g/mol. The molecular weight excluding hydrogens is 379 g/mol. The van der Waals surface area contributed by atoms with Gasteiger partial charge in [0.15, 0.2) is 11.6 Å². The third kappa shape index (κ3) is 5.58. The van der Waals surface area contributed by atoms with Crippen molar-refractivity contribution in [3.8, 4) is 5.75 Å². The summed E-state index contributed by atoms with van der Waals surface area (Å²) in [7, 11) is 0. The first-order valence-corrected chi connectivity index (χ1v) is 10.3. The lowest BCUT2D eigenvalue weighted by Gasteiger charge is -2.29. The van der Waals surface area contributed by atoms with Gasteiger partial charge in [-0.3, -0.25) is 0 Å². The van der Waals surface area contributed by atoms with E-state index in [9.17, 15) is 18.0 Å². The maximum atomic E-state index is 13.5. The molecule has 6 heteroatoms. The zero-order valence-corrected chi connectivity index (χ0v) is 16.6. The first-order chi connectivity index (χ1) is 14.0. The van der Waals surface area contributed by atoms with Gasteiger partial charge in [0.25, 0.3) is 11.9 Å². The zero-order chi connectivity index (χ0) is 20.8. The number of pyridine rings is 1. The van der Waals surface area contributed by atoms with Crippen molar-refractivity contribution in [3.63, 3.8) is 0 Å². The van der Waals surface area contributed by atoms with Gasteiger partial charge < -0.3 is 4.74 Å². The first-order valence-electron chi connectivity index (χ1n) is 10.3. The van der Waals surface area contributed by atoms with E-state index in [1.165, 1.54) is 44.1 Å². The molecule has 0 unspecified atom stereocenters. The van der Waals surface area contributed by atoms with E-state index in [0.29, 0.717) is 12.0 Å². The van der Waals surface area contributed by atoms with Crippen molar-refractivity contribution in [2.45, 2.75) is 64.2 Å². The maximum absolute atomic E-state index is 13.5. The van der Waals surface area contributed by atoms with Crippen molar-refractivity contribution in [2.24, 2.45) is 5.92 Å². The summed E-state index contributed by atoms with van der Waals surface area (Å²) in [4.78, 5) is 14.9. The third-order valence-corrected chi connectivity index (χ3v) is 5.74. The molecule has 1 aliphatic rings. The van der Waals surface area contributed by atoms with Gasteiger partial charge in [-0.05, 0) is 55.2 Å². The van der Waals surface area contributed by atoms with E-state index < -0.39 is 29.4 Å². The fraction of sp³-hybridized carbons (Fsp3) is 0.478. The number of ether oxygens (including phenoxy) is 1. The minimum atomic E-state index is -1.58. The van der Waals surface area contributed by atoms with E-state index in [1.54, 1.807) is 12.1 Å². The summed E-state index contributed by atoms with van der Waals surface area (Å²) in [5.41, 5.74) is 1.39. The number of unbranched alkanes of at least 4 members (excludes halogenated alkanes) is 2. The van der Waals surface area contributed by atoms with Crippen LogP contribution in [0.25, 0.3) is 0 Å². The van der Waals surface area contributed by atoms with Crippen LogP contribution in [0, 0.1) is 23.6 Å². The molecule has 1 fully saturated rings. The van der Waals surface area contributed by atoms with Gasteiger partial charge in [-0.25, -0.2) is 9.18 Å². The lowest BCUT2D eigenvalue weighted by Crippen LogP contribution is -2.14. The molecule has 0 bridgehead atoms. The lowest BCUT2D eigenvalue weighted by molar-refractivity contribution is 0.0724. The summed E-state index contributed by atoms with van der Waals surface area (Å²) in [6, 6.07) is 7.49. The van der Waals surface area contributed by atoms with Crippen LogP contribution in [-0.4, -0.2) is 11.0 Å². The van der Waals surface area contributed by atoms with Crippen molar-refractivity contribution in [3.05, 3.63) is 59.2 Å². The van der Waals surface area contributed by atoms with Crippen LogP contribution in [0.5, 0.6) is 5.75 Å². The van der Waals surface area contributed by atoms with Crippen LogP contribution in [0.4, 0.5) is 13.2 Å². The Kier molecular flexibility index (Phi) is 7.29. The standard InChI is InChI=1S/C23H26F3NO2/c1-2-3-4-5-15-6-8-16(9-7-15)17-10-12-18(13-11-17)23(28)29-20-14-19(24)21(25)27-22(20)26/h10-16H,2-9H2,1H3/t15-,16-. The topological polar surface area (TPSA) is 39.2 Å². The van der Waals surface area contributed by atoms with Gasteiger partial charge in [0.2, 0.25) is 0 Å². The number of hydrogen-bond donors (Lipinski definition) is 0. The minimum absolute atomic E-state index is 0.214.